The Balaban J connectivity index is 0.00000104. The number of aryl methyl sites for hydroxylation is 1. The summed E-state index contributed by atoms with van der Waals surface area (Å²) in [4.78, 5) is 9.16. The standard InChI is InChI=1S/C24H24N3.C2H6.Na/c1-4-18-15-20(22-11-8-12-25-22)16-21(17(2)3)23(18)27-14-13-26-24(27)19-9-6-5-7-10-19;1-2;/h5-17H,4H2,1-3H3;1-2H3;/q-1;;+1. The number of aromatic nitrogens is 3. The number of hydrogen-bond donors (Lipinski definition) is 0. The first-order valence-corrected chi connectivity index (χ1v) is 10.5. The largest absolute Gasteiger partial charge is 1.00 e. The molecule has 0 aliphatic heterocycles. The zero-order valence-corrected chi connectivity index (χ0v) is 21.1. The van der Waals surface area contributed by atoms with E-state index in [9.17, 15) is 0 Å². The summed E-state index contributed by atoms with van der Waals surface area (Å²) in [7, 11) is 0. The fourth-order valence-corrected chi connectivity index (χ4v) is 3.63. The molecule has 0 saturated heterocycles. The van der Waals surface area contributed by atoms with E-state index in [4.69, 9.17) is 0 Å². The second kappa shape index (κ2) is 11.4. The average Bonchev–Trinajstić information content (AvgIpc) is 3.47. The first kappa shape index (κ1) is 24.2. The number of imidazole rings is 1. The van der Waals surface area contributed by atoms with Gasteiger partial charge in [0.15, 0.2) is 0 Å². The van der Waals surface area contributed by atoms with Crippen LogP contribution in [0.25, 0.3) is 28.3 Å². The maximum absolute atomic E-state index is 4.66. The van der Waals surface area contributed by atoms with Gasteiger partial charge in [-0.1, -0.05) is 89.2 Å². The minimum Gasteiger partial charge on any atom is -0.664 e. The Kier molecular flexibility index (Phi) is 9.16. The minimum atomic E-state index is 0. The Morgan fingerprint density at radius 1 is 0.967 bits per heavy atom. The molecule has 2 aromatic carbocycles. The van der Waals surface area contributed by atoms with Gasteiger partial charge < -0.3 is 4.98 Å². The van der Waals surface area contributed by atoms with Crippen molar-refractivity contribution in [2.24, 2.45) is 0 Å². The van der Waals surface area contributed by atoms with Crippen molar-refractivity contribution < 1.29 is 29.6 Å². The normalized spacial score (nSPS) is 10.3. The zero-order valence-electron chi connectivity index (χ0n) is 19.1. The van der Waals surface area contributed by atoms with Crippen LogP contribution in [0.3, 0.4) is 0 Å². The van der Waals surface area contributed by atoms with Crippen molar-refractivity contribution in [3.8, 4) is 28.3 Å². The predicted molar refractivity (Wildman–Crippen MR) is 123 cm³/mol. The van der Waals surface area contributed by atoms with Gasteiger partial charge in [-0.15, -0.1) is 5.69 Å². The molecule has 3 nitrogen and oxygen atoms in total. The summed E-state index contributed by atoms with van der Waals surface area (Å²) in [5, 5.41) is 0. The molecule has 2 heterocycles. The van der Waals surface area contributed by atoms with Crippen molar-refractivity contribution in [2.75, 3.05) is 0 Å². The molecule has 0 fully saturated rings. The van der Waals surface area contributed by atoms with Gasteiger partial charge in [-0.3, -0.25) is 4.57 Å². The van der Waals surface area contributed by atoms with E-state index in [1.807, 2.05) is 38.4 Å². The van der Waals surface area contributed by atoms with Crippen LogP contribution in [-0.2, 0) is 6.42 Å². The van der Waals surface area contributed by atoms with E-state index in [2.05, 4.69) is 84.0 Å². The second-order valence-corrected chi connectivity index (χ2v) is 7.09. The fraction of sp³-hybridized carbons (Fsp3) is 0.269. The van der Waals surface area contributed by atoms with Gasteiger partial charge >= 0.3 is 29.6 Å². The van der Waals surface area contributed by atoms with E-state index in [0.717, 1.165) is 23.5 Å². The van der Waals surface area contributed by atoms with Gasteiger partial charge in [0.25, 0.3) is 0 Å². The maximum Gasteiger partial charge on any atom is 1.00 e. The molecule has 0 N–H and O–H groups in total. The SMILES string of the molecule is CC.CCc1cc(-c2ccc[n-]2)cc(C(C)C)c1-n1ccnc1-c1ccccc1.[Na+]. The molecule has 0 saturated carbocycles. The summed E-state index contributed by atoms with van der Waals surface area (Å²) in [5.74, 6) is 1.37. The van der Waals surface area contributed by atoms with E-state index in [1.165, 1.54) is 22.4 Å². The Hall–Kier alpha value is -2.07. The van der Waals surface area contributed by atoms with E-state index in [-0.39, 0.29) is 29.6 Å². The van der Waals surface area contributed by atoms with Crippen molar-refractivity contribution >= 4 is 0 Å². The maximum atomic E-state index is 4.66. The van der Waals surface area contributed by atoms with Crippen LogP contribution in [0.1, 0.15) is 51.7 Å². The Morgan fingerprint density at radius 2 is 1.70 bits per heavy atom. The van der Waals surface area contributed by atoms with E-state index in [1.54, 1.807) is 0 Å². The summed E-state index contributed by atoms with van der Waals surface area (Å²) in [6.07, 6.45) is 6.77. The first-order valence-electron chi connectivity index (χ1n) is 10.5. The Bertz CT molecular complexity index is 1030. The Labute approximate surface area is 202 Å². The van der Waals surface area contributed by atoms with E-state index >= 15 is 0 Å². The van der Waals surface area contributed by atoms with Crippen LogP contribution in [0.15, 0.2) is 73.2 Å². The van der Waals surface area contributed by atoms with Gasteiger partial charge in [-0.05, 0) is 29.0 Å². The predicted octanol–water partition coefficient (Wildman–Crippen LogP) is 3.88. The van der Waals surface area contributed by atoms with Gasteiger partial charge in [0, 0.05) is 18.0 Å². The molecule has 0 bridgehead atoms. The molecule has 0 amide bonds. The molecule has 0 aliphatic rings. The third-order valence-corrected chi connectivity index (χ3v) is 4.98. The number of rotatable bonds is 5. The molecule has 0 aliphatic carbocycles. The average molecular weight is 408 g/mol. The molecule has 0 radical (unpaired) electrons. The van der Waals surface area contributed by atoms with Crippen molar-refractivity contribution in [3.63, 3.8) is 0 Å². The van der Waals surface area contributed by atoms with Gasteiger partial charge in [0.1, 0.15) is 5.82 Å². The molecule has 0 atom stereocenters. The van der Waals surface area contributed by atoms with Crippen molar-refractivity contribution in [1.82, 2.24) is 14.5 Å². The third-order valence-electron chi connectivity index (χ3n) is 4.98. The number of benzene rings is 2. The third kappa shape index (κ3) is 4.97. The van der Waals surface area contributed by atoms with E-state index < -0.39 is 0 Å². The molecule has 150 valence electrons. The molecule has 30 heavy (non-hydrogen) atoms. The minimum absolute atomic E-state index is 0. The van der Waals surface area contributed by atoms with Crippen LogP contribution in [0.4, 0.5) is 0 Å². The van der Waals surface area contributed by atoms with Crippen molar-refractivity contribution in [3.05, 3.63) is 84.3 Å². The van der Waals surface area contributed by atoms with Crippen LogP contribution in [-0.4, -0.2) is 9.55 Å². The van der Waals surface area contributed by atoms with Crippen LogP contribution in [0, 0.1) is 0 Å². The topological polar surface area (TPSA) is 31.9 Å². The van der Waals surface area contributed by atoms with Crippen molar-refractivity contribution in [1.29, 1.82) is 0 Å². The summed E-state index contributed by atoms with van der Waals surface area (Å²) in [6, 6.07) is 19.0. The second-order valence-electron chi connectivity index (χ2n) is 7.09. The fourth-order valence-electron chi connectivity index (χ4n) is 3.63. The summed E-state index contributed by atoms with van der Waals surface area (Å²) < 4.78 is 2.24. The molecule has 4 heteroatoms. The monoisotopic (exact) mass is 407 g/mol. The van der Waals surface area contributed by atoms with E-state index in [0.29, 0.717) is 5.92 Å². The summed E-state index contributed by atoms with van der Waals surface area (Å²) in [5.41, 5.74) is 7.23. The molecular formula is C26H30N3Na. The van der Waals surface area contributed by atoms with Crippen LogP contribution in [0.2, 0.25) is 0 Å². The smallest absolute Gasteiger partial charge is 0.664 e. The van der Waals surface area contributed by atoms with Crippen LogP contribution in [0.5, 0.6) is 0 Å². The molecule has 4 rings (SSSR count). The number of hydrogen-bond acceptors (Lipinski definition) is 1. The van der Waals surface area contributed by atoms with Gasteiger partial charge in [0.2, 0.25) is 0 Å². The zero-order chi connectivity index (χ0) is 20.8. The first-order chi connectivity index (χ1) is 14.2. The molecule has 0 spiro atoms. The molecule has 2 aromatic heterocycles. The van der Waals surface area contributed by atoms with Gasteiger partial charge in [-0.2, -0.15) is 6.20 Å². The van der Waals surface area contributed by atoms with Gasteiger partial charge in [0.05, 0.1) is 5.69 Å². The molecule has 0 unspecified atom stereocenters. The quantitative estimate of drug-likeness (QED) is 0.470. The van der Waals surface area contributed by atoms with Crippen molar-refractivity contribution in [2.45, 2.75) is 47.0 Å². The van der Waals surface area contributed by atoms with Crippen LogP contribution < -0.4 is 34.5 Å². The number of nitrogens with zero attached hydrogens (tertiary/aromatic N) is 3. The molecular weight excluding hydrogens is 377 g/mol. The summed E-state index contributed by atoms with van der Waals surface area (Å²) in [6.45, 7) is 10.7. The van der Waals surface area contributed by atoms with Gasteiger partial charge in [-0.25, -0.2) is 4.98 Å². The Morgan fingerprint density at radius 3 is 2.30 bits per heavy atom. The van der Waals surface area contributed by atoms with Crippen LogP contribution >= 0.6 is 0 Å². The molecule has 4 aromatic rings. The summed E-state index contributed by atoms with van der Waals surface area (Å²) >= 11 is 0.